The molecule has 0 aliphatic carbocycles. The quantitative estimate of drug-likeness (QED) is 0.439. The summed E-state index contributed by atoms with van der Waals surface area (Å²) in [7, 11) is 0. The Morgan fingerprint density at radius 3 is 2.53 bits per heavy atom. The smallest absolute Gasteiger partial charge is 0.475 e. The van der Waals surface area contributed by atoms with Crippen LogP contribution >= 0.6 is 11.6 Å². The number of nitrogen functional groups attached to an aromatic ring is 1. The predicted octanol–water partition coefficient (Wildman–Crippen LogP) is 2.60. The van der Waals surface area contributed by atoms with Crippen LogP contribution in [0.3, 0.4) is 0 Å². The molecule has 4 heterocycles. The Morgan fingerprint density at radius 1 is 1.31 bits per heavy atom. The molecule has 0 spiro atoms. The molecule has 172 valence electrons. The van der Waals surface area contributed by atoms with Crippen molar-refractivity contribution in [2.24, 2.45) is 5.73 Å². The standard InChI is InChI=1S/C16H19ClN8.C2HF3O2/c1-16(19)3-6-25(7-4-16)10-8-21-13-12(23-24-15(13)22-10)9-2-5-20-14(18)11(9)17;3-2(4,5)1(6)7/h2,5,8H,3-4,6-7,19H2,1H3,(H2,18,20)(H,22,23,24);(H,6,7). The lowest BCUT2D eigenvalue weighted by molar-refractivity contribution is -0.192. The number of anilines is 2. The van der Waals surface area contributed by atoms with Gasteiger partial charge in [-0.2, -0.15) is 18.3 Å². The van der Waals surface area contributed by atoms with Gasteiger partial charge in [-0.1, -0.05) is 11.6 Å². The van der Waals surface area contributed by atoms with E-state index < -0.39 is 12.1 Å². The third kappa shape index (κ3) is 5.16. The lowest BCUT2D eigenvalue weighted by atomic mass is 9.91. The minimum atomic E-state index is -5.08. The molecule has 1 aliphatic rings. The number of pyridine rings is 1. The second-order valence-corrected chi connectivity index (χ2v) is 7.88. The van der Waals surface area contributed by atoms with E-state index in [2.05, 4.69) is 37.0 Å². The number of halogens is 4. The number of carboxylic acid groups (broad SMARTS) is 1. The van der Waals surface area contributed by atoms with Crippen LogP contribution in [0.4, 0.5) is 24.8 Å². The van der Waals surface area contributed by atoms with E-state index in [0.717, 1.165) is 31.7 Å². The molecule has 4 rings (SSSR count). The number of aliphatic carboxylic acids is 1. The van der Waals surface area contributed by atoms with Crippen LogP contribution < -0.4 is 16.4 Å². The molecule has 1 aliphatic heterocycles. The molecule has 0 unspecified atom stereocenters. The van der Waals surface area contributed by atoms with Gasteiger partial charge in [0.2, 0.25) is 5.65 Å². The van der Waals surface area contributed by atoms with E-state index in [4.69, 9.17) is 33.0 Å². The maximum absolute atomic E-state index is 10.6. The van der Waals surface area contributed by atoms with Gasteiger partial charge in [-0.05, 0) is 25.8 Å². The summed E-state index contributed by atoms with van der Waals surface area (Å²) in [6.07, 6.45) is 0.121. The number of piperidine rings is 1. The third-order valence-corrected chi connectivity index (χ3v) is 5.31. The van der Waals surface area contributed by atoms with Crippen molar-refractivity contribution in [2.45, 2.75) is 31.5 Å². The van der Waals surface area contributed by atoms with Gasteiger partial charge in [-0.25, -0.2) is 19.7 Å². The van der Waals surface area contributed by atoms with Gasteiger partial charge in [-0.15, -0.1) is 0 Å². The second kappa shape index (κ2) is 8.74. The maximum Gasteiger partial charge on any atom is 0.490 e. The van der Waals surface area contributed by atoms with Gasteiger partial charge in [0, 0.05) is 30.4 Å². The summed E-state index contributed by atoms with van der Waals surface area (Å²) in [4.78, 5) is 24.2. The Balaban J connectivity index is 0.000000360. The van der Waals surface area contributed by atoms with Crippen LogP contribution in [0.1, 0.15) is 19.8 Å². The number of carboxylic acids is 1. The highest BCUT2D eigenvalue weighted by atomic mass is 35.5. The molecule has 14 heteroatoms. The number of hydrogen-bond acceptors (Lipinski definition) is 8. The number of hydrogen-bond donors (Lipinski definition) is 4. The molecule has 1 saturated heterocycles. The molecule has 0 aromatic carbocycles. The lowest BCUT2D eigenvalue weighted by Crippen LogP contribution is -2.48. The molecule has 3 aromatic heterocycles. The lowest BCUT2D eigenvalue weighted by Gasteiger charge is -2.37. The van der Waals surface area contributed by atoms with E-state index >= 15 is 0 Å². The van der Waals surface area contributed by atoms with Crippen molar-refractivity contribution in [3.8, 4) is 11.3 Å². The average molecular weight is 473 g/mol. The Labute approximate surface area is 184 Å². The molecule has 32 heavy (non-hydrogen) atoms. The molecule has 0 bridgehead atoms. The molecular weight excluding hydrogens is 453 g/mol. The highest BCUT2D eigenvalue weighted by Crippen LogP contribution is 2.33. The number of fused-ring (bicyclic) bond motifs is 1. The molecule has 10 nitrogen and oxygen atoms in total. The maximum atomic E-state index is 10.6. The first-order valence-corrected chi connectivity index (χ1v) is 9.72. The number of alkyl halides is 3. The normalized spacial score (nSPS) is 15.9. The molecule has 0 saturated carbocycles. The number of aromatic amines is 1. The van der Waals surface area contributed by atoms with Crippen molar-refractivity contribution >= 4 is 40.4 Å². The SMILES string of the molecule is CC1(N)CCN(c2cnc3c(-c4ccnc(N)c4Cl)[nH]nc3n2)CC1.O=C(O)C(F)(F)F. The molecule has 1 fully saturated rings. The Morgan fingerprint density at radius 2 is 1.94 bits per heavy atom. The zero-order valence-electron chi connectivity index (χ0n) is 16.8. The van der Waals surface area contributed by atoms with E-state index in [1.165, 1.54) is 0 Å². The zero-order valence-corrected chi connectivity index (χ0v) is 17.6. The summed E-state index contributed by atoms with van der Waals surface area (Å²) in [5.41, 5.74) is 14.5. The summed E-state index contributed by atoms with van der Waals surface area (Å²) < 4.78 is 31.7. The number of rotatable bonds is 2. The predicted molar refractivity (Wildman–Crippen MR) is 112 cm³/mol. The van der Waals surface area contributed by atoms with E-state index in [0.29, 0.717) is 27.4 Å². The van der Waals surface area contributed by atoms with Gasteiger partial charge in [0.1, 0.15) is 17.2 Å². The van der Waals surface area contributed by atoms with Crippen LogP contribution in [-0.4, -0.2) is 61.0 Å². The van der Waals surface area contributed by atoms with Crippen molar-refractivity contribution in [2.75, 3.05) is 23.7 Å². The van der Waals surface area contributed by atoms with Crippen LogP contribution in [0, 0.1) is 0 Å². The fraction of sp³-hybridized carbons (Fsp3) is 0.389. The molecule has 0 radical (unpaired) electrons. The second-order valence-electron chi connectivity index (χ2n) is 7.50. The van der Waals surface area contributed by atoms with Gasteiger partial charge in [0.25, 0.3) is 0 Å². The zero-order chi connectivity index (χ0) is 23.7. The number of aromatic nitrogens is 5. The van der Waals surface area contributed by atoms with Crippen LogP contribution in [0.25, 0.3) is 22.4 Å². The number of carbonyl (C=O) groups is 1. The number of H-pyrrole nitrogens is 1. The topological polar surface area (TPSA) is 160 Å². The average Bonchev–Trinajstić information content (AvgIpc) is 3.13. The summed E-state index contributed by atoms with van der Waals surface area (Å²) in [6.45, 7) is 3.80. The summed E-state index contributed by atoms with van der Waals surface area (Å²) in [5.74, 6) is -1.68. The van der Waals surface area contributed by atoms with Gasteiger partial charge in [0.15, 0.2) is 0 Å². The van der Waals surface area contributed by atoms with Crippen molar-refractivity contribution in [1.29, 1.82) is 0 Å². The third-order valence-electron chi connectivity index (χ3n) is 4.91. The minimum absolute atomic E-state index is 0.106. The molecule has 0 amide bonds. The fourth-order valence-electron chi connectivity index (χ4n) is 3.03. The molecule has 3 aromatic rings. The molecule has 6 N–H and O–H groups in total. The minimum Gasteiger partial charge on any atom is -0.475 e. The van der Waals surface area contributed by atoms with E-state index in [1.54, 1.807) is 18.5 Å². The van der Waals surface area contributed by atoms with Crippen molar-refractivity contribution in [3.05, 3.63) is 23.5 Å². The van der Waals surface area contributed by atoms with Crippen molar-refractivity contribution < 1.29 is 23.1 Å². The largest absolute Gasteiger partial charge is 0.490 e. The highest BCUT2D eigenvalue weighted by Gasteiger charge is 2.38. The van der Waals surface area contributed by atoms with Gasteiger partial charge < -0.3 is 21.5 Å². The summed E-state index contributed by atoms with van der Waals surface area (Å²) >= 11 is 6.26. The van der Waals surface area contributed by atoms with Crippen molar-refractivity contribution in [3.63, 3.8) is 0 Å². The van der Waals surface area contributed by atoms with Crippen LogP contribution in [0.2, 0.25) is 5.02 Å². The fourth-order valence-corrected chi connectivity index (χ4v) is 3.23. The molecular formula is C18H20ClF3N8O2. The number of nitrogens with zero attached hydrogens (tertiary/aromatic N) is 5. The molecule has 0 atom stereocenters. The van der Waals surface area contributed by atoms with Crippen LogP contribution in [-0.2, 0) is 4.79 Å². The summed E-state index contributed by atoms with van der Waals surface area (Å²) in [5, 5.41) is 14.7. The Kier molecular flexibility index (Phi) is 6.41. The highest BCUT2D eigenvalue weighted by molar-refractivity contribution is 6.35. The van der Waals surface area contributed by atoms with E-state index in [9.17, 15) is 13.2 Å². The number of nitrogens with two attached hydrogens (primary N) is 2. The van der Waals surface area contributed by atoms with E-state index in [1.807, 2.05) is 0 Å². The number of nitrogens with one attached hydrogen (secondary N) is 1. The summed E-state index contributed by atoms with van der Waals surface area (Å²) in [6, 6.07) is 1.77. The first-order chi connectivity index (χ1) is 14.9. The Bertz CT molecular complexity index is 1130. The van der Waals surface area contributed by atoms with E-state index in [-0.39, 0.29) is 11.4 Å². The van der Waals surface area contributed by atoms with Gasteiger partial charge in [0.05, 0.1) is 16.9 Å². The monoisotopic (exact) mass is 472 g/mol. The van der Waals surface area contributed by atoms with Gasteiger partial charge in [-0.3, -0.25) is 5.10 Å². The van der Waals surface area contributed by atoms with Crippen molar-refractivity contribution in [1.82, 2.24) is 25.1 Å². The first-order valence-electron chi connectivity index (χ1n) is 9.34. The van der Waals surface area contributed by atoms with Gasteiger partial charge >= 0.3 is 12.1 Å². The first kappa shape index (κ1) is 23.5. The Hall–Kier alpha value is -3.19. The van der Waals surface area contributed by atoms with Crippen LogP contribution in [0.15, 0.2) is 18.5 Å². The van der Waals surface area contributed by atoms with Crippen LogP contribution in [0.5, 0.6) is 0 Å².